The van der Waals surface area contributed by atoms with E-state index in [4.69, 9.17) is 0 Å². The van der Waals surface area contributed by atoms with Crippen LogP contribution in [0.4, 0.5) is 0 Å². The van der Waals surface area contributed by atoms with Gasteiger partial charge in [0.2, 0.25) is 0 Å². The predicted octanol–water partition coefficient (Wildman–Crippen LogP) is -0.479. The molecule has 2 aromatic heterocycles. The number of aromatic nitrogens is 4. The number of hydrogen-bond donors (Lipinski definition) is 1. The number of rotatable bonds is 3. The van der Waals surface area contributed by atoms with Gasteiger partial charge in [0.15, 0.2) is 5.78 Å². The molecule has 0 amide bonds. The van der Waals surface area contributed by atoms with Crippen LogP contribution in [-0.2, 0) is 13.6 Å². The first-order valence-electron chi connectivity index (χ1n) is 5.31. The molecule has 0 saturated carbocycles. The maximum absolute atomic E-state index is 11.9. The highest BCUT2D eigenvalue weighted by atomic mass is 16.2. The van der Waals surface area contributed by atoms with Gasteiger partial charge >= 0.3 is 5.69 Å². The highest BCUT2D eigenvalue weighted by Gasteiger charge is 2.11. The van der Waals surface area contributed by atoms with Crippen LogP contribution < -0.4 is 11.2 Å². The Kier molecular flexibility index (Phi) is 2.97. The predicted molar refractivity (Wildman–Crippen MR) is 63.6 cm³/mol. The quantitative estimate of drug-likeness (QED) is 0.743. The molecule has 2 aromatic rings. The maximum atomic E-state index is 11.9. The summed E-state index contributed by atoms with van der Waals surface area (Å²) in [4.78, 5) is 37.1. The summed E-state index contributed by atoms with van der Waals surface area (Å²) in [6.45, 7) is 1.32. The van der Waals surface area contributed by atoms with Gasteiger partial charge in [-0.25, -0.2) is 4.79 Å². The van der Waals surface area contributed by atoms with Crippen molar-refractivity contribution in [2.75, 3.05) is 0 Å². The summed E-state index contributed by atoms with van der Waals surface area (Å²) in [5, 5.41) is 4.08. The largest absolute Gasteiger partial charge is 0.328 e. The number of nitrogens with one attached hydrogen (secondary N) is 1. The fourth-order valence-corrected chi connectivity index (χ4v) is 1.62. The van der Waals surface area contributed by atoms with Crippen molar-refractivity contribution in [3.63, 3.8) is 0 Å². The van der Waals surface area contributed by atoms with Gasteiger partial charge in [0, 0.05) is 19.4 Å². The first-order valence-corrected chi connectivity index (χ1v) is 5.31. The lowest BCUT2D eigenvalue weighted by Gasteiger charge is -2.03. The van der Waals surface area contributed by atoms with Crippen molar-refractivity contribution in [3.8, 4) is 0 Å². The van der Waals surface area contributed by atoms with E-state index in [1.54, 1.807) is 24.0 Å². The molecule has 2 heterocycles. The minimum atomic E-state index is -0.600. The third kappa shape index (κ3) is 2.15. The zero-order chi connectivity index (χ0) is 13.3. The molecule has 0 atom stereocenters. The molecule has 7 nitrogen and oxygen atoms in total. The number of carbonyl (C=O) groups is 1. The van der Waals surface area contributed by atoms with E-state index in [0.29, 0.717) is 5.69 Å². The smallest absolute Gasteiger partial charge is 0.313 e. The molecule has 0 aliphatic heterocycles. The summed E-state index contributed by atoms with van der Waals surface area (Å²) in [5.74, 6) is -0.383. The van der Waals surface area contributed by atoms with Crippen molar-refractivity contribution in [1.82, 2.24) is 19.3 Å². The molecule has 0 fully saturated rings. The number of Topliss-reactive ketones (excluding diaryl/α,β-unsaturated/α-hetero) is 1. The molecule has 0 spiro atoms. The van der Waals surface area contributed by atoms with Gasteiger partial charge in [0.05, 0.1) is 17.8 Å². The summed E-state index contributed by atoms with van der Waals surface area (Å²) in [6, 6.07) is 1.70. The van der Waals surface area contributed by atoms with E-state index >= 15 is 0 Å². The summed E-state index contributed by atoms with van der Waals surface area (Å²) >= 11 is 0. The number of hydrogen-bond acceptors (Lipinski definition) is 4. The average Bonchev–Trinajstić information content (AvgIpc) is 2.69. The van der Waals surface area contributed by atoms with Gasteiger partial charge in [0.25, 0.3) is 5.56 Å². The first-order chi connectivity index (χ1) is 8.49. The fraction of sp³-hybridized carbons (Fsp3) is 0.273. The molecule has 18 heavy (non-hydrogen) atoms. The van der Waals surface area contributed by atoms with Crippen molar-refractivity contribution in [2.45, 2.75) is 13.5 Å². The van der Waals surface area contributed by atoms with Crippen LogP contribution in [0, 0.1) is 0 Å². The molecular weight excluding hydrogens is 236 g/mol. The number of H-pyrrole nitrogens is 1. The number of aromatic amines is 1. The number of carbonyl (C=O) groups excluding carboxylic acids is 1. The van der Waals surface area contributed by atoms with Crippen LogP contribution in [0.5, 0.6) is 0 Å². The molecule has 0 bridgehead atoms. The monoisotopic (exact) mass is 248 g/mol. The SMILES string of the molecule is CC(=O)c1c[nH]c(=O)n(Cc2ccn(C)n2)c1=O. The van der Waals surface area contributed by atoms with Gasteiger partial charge in [-0.1, -0.05) is 0 Å². The highest BCUT2D eigenvalue weighted by Crippen LogP contribution is 1.95. The van der Waals surface area contributed by atoms with E-state index < -0.39 is 11.2 Å². The molecule has 0 unspecified atom stereocenters. The summed E-state index contributed by atoms with van der Waals surface area (Å²) in [6.07, 6.45) is 2.85. The van der Waals surface area contributed by atoms with Crippen molar-refractivity contribution < 1.29 is 4.79 Å². The van der Waals surface area contributed by atoms with Crippen LogP contribution in [0.1, 0.15) is 23.0 Å². The lowest BCUT2D eigenvalue weighted by molar-refractivity contribution is 0.101. The van der Waals surface area contributed by atoms with E-state index in [1.165, 1.54) is 6.92 Å². The Hall–Kier alpha value is -2.44. The van der Waals surface area contributed by atoms with Crippen LogP contribution in [0.25, 0.3) is 0 Å². The number of ketones is 1. The molecule has 2 rings (SSSR count). The molecule has 0 aromatic carbocycles. The Morgan fingerprint density at radius 1 is 1.44 bits per heavy atom. The van der Waals surface area contributed by atoms with Gasteiger partial charge in [0.1, 0.15) is 0 Å². The number of nitrogens with zero attached hydrogens (tertiary/aromatic N) is 3. The Morgan fingerprint density at radius 3 is 2.72 bits per heavy atom. The molecule has 7 heteroatoms. The second kappa shape index (κ2) is 4.44. The van der Waals surface area contributed by atoms with Crippen molar-refractivity contribution in [1.29, 1.82) is 0 Å². The van der Waals surface area contributed by atoms with Gasteiger partial charge < -0.3 is 4.98 Å². The molecule has 94 valence electrons. The molecule has 0 saturated heterocycles. The summed E-state index contributed by atoms with van der Waals surface area (Å²) in [5.41, 5.74) is -0.621. The minimum absolute atomic E-state index is 0.0365. The molecule has 0 aliphatic carbocycles. The second-order valence-corrected chi connectivity index (χ2v) is 3.94. The zero-order valence-electron chi connectivity index (χ0n) is 10.0. The third-order valence-electron chi connectivity index (χ3n) is 2.53. The Balaban J connectivity index is 2.50. The Morgan fingerprint density at radius 2 is 2.17 bits per heavy atom. The zero-order valence-corrected chi connectivity index (χ0v) is 10.0. The summed E-state index contributed by atoms with van der Waals surface area (Å²) in [7, 11) is 1.74. The third-order valence-corrected chi connectivity index (χ3v) is 2.53. The molecular formula is C11H12N4O3. The van der Waals surface area contributed by atoms with Gasteiger partial charge in [-0.3, -0.25) is 18.8 Å². The van der Waals surface area contributed by atoms with Crippen LogP contribution in [-0.4, -0.2) is 25.1 Å². The number of aryl methyl sites for hydroxylation is 1. The Bertz CT molecular complexity index is 708. The molecule has 0 radical (unpaired) electrons. The van der Waals surface area contributed by atoms with Crippen molar-refractivity contribution in [2.24, 2.45) is 7.05 Å². The van der Waals surface area contributed by atoms with E-state index in [9.17, 15) is 14.4 Å². The van der Waals surface area contributed by atoms with Crippen LogP contribution in [0.3, 0.4) is 0 Å². The van der Waals surface area contributed by atoms with Crippen molar-refractivity contribution >= 4 is 5.78 Å². The lowest BCUT2D eigenvalue weighted by Crippen LogP contribution is -2.38. The maximum Gasteiger partial charge on any atom is 0.328 e. The second-order valence-electron chi connectivity index (χ2n) is 3.94. The normalized spacial score (nSPS) is 10.6. The topological polar surface area (TPSA) is 89.8 Å². The fourth-order valence-electron chi connectivity index (χ4n) is 1.62. The van der Waals surface area contributed by atoms with Gasteiger partial charge in [-0.05, 0) is 13.0 Å². The van der Waals surface area contributed by atoms with E-state index in [-0.39, 0.29) is 17.9 Å². The Labute approximate surface area is 102 Å². The van der Waals surface area contributed by atoms with Crippen LogP contribution >= 0.6 is 0 Å². The van der Waals surface area contributed by atoms with Gasteiger partial charge in [-0.15, -0.1) is 0 Å². The molecule has 0 aliphatic rings. The van der Waals surface area contributed by atoms with E-state index in [1.807, 2.05) is 0 Å². The summed E-state index contributed by atoms with van der Waals surface area (Å²) < 4.78 is 2.53. The van der Waals surface area contributed by atoms with Crippen LogP contribution in [0.15, 0.2) is 28.0 Å². The van der Waals surface area contributed by atoms with E-state index in [0.717, 1.165) is 10.8 Å². The van der Waals surface area contributed by atoms with E-state index in [2.05, 4.69) is 10.1 Å². The van der Waals surface area contributed by atoms with Crippen LogP contribution in [0.2, 0.25) is 0 Å². The first kappa shape index (κ1) is 12.0. The average molecular weight is 248 g/mol. The van der Waals surface area contributed by atoms with Crippen molar-refractivity contribution in [3.05, 3.63) is 50.6 Å². The molecule has 1 N–H and O–H groups in total. The highest BCUT2D eigenvalue weighted by molar-refractivity contribution is 5.93. The minimum Gasteiger partial charge on any atom is -0.313 e. The van der Waals surface area contributed by atoms with Gasteiger partial charge in [-0.2, -0.15) is 5.10 Å². The lowest BCUT2D eigenvalue weighted by atomic mass is 10.2. The standard InChI is InChI=1S/C11H12N4O3/c1-7(16)9-5-12-11(18)15(10(9)17)6-8-3-4-14(2)13-8/h3-5H,6H2,1-2H3,(H,12,18).